The molecule has 0 bridgehead atoms. The summed E-state index contributed by atoms with van der Waals surface area (Å²) in [6, 6.07) is 0. The Kier molecular flexibility index (Phi) is 1.87. The Labute approximate surface area is 83.4 Å². The van der Waals surface area contributed by atoms with Crippen LogP contribution in [0.15, 0.2) is 24.8 Å². The number of imidazole rings is 1. The molecule has 0 aromatic carbocycles. The van der Waals surface area contributed by atoms with E-state index >= 15 is 0 Å². The summed E-state index contributed by atoms with van der Waals surface area (Å²) in [6.45, 7) is 0. The van der Waals surface area contributed by atoms with Gasteiger partial charge in [0.05, 0.1) is 9.77 Å². The van der Waals surface area contributed by atoms with Crippen molar-refractivity contribution in [1.82, 2.24) is 19.3 Å². The molecular formula is C7H7IN4. The van der Waals surface area contributed by atoms with Crippen LogP contribution in [0.3, 0.4) is 0 Å². The van der Waals surface area contributed by atoms with Crippen molar-refractivity contribution in [1.29, 1.82) is 0 Å². The average Bonchev–Trinajstić information content (AvgIpc) is 2.58. The first kappa shape index (κ1) is 7.78. The fourth-order valence-corrected chi connectivity index (χ4v) is 1.38. The summed E-state index contributed by atoms with van der Waals surface area (Å²) >= 11 is 2.22. The van der Waals surface area contributed by atoms with Crippen LogP contribution in [0.5, 0.6) is 0 Å². The number of hydrogen-bond acceptors (Lipinski definition) is 2. The van der Waals surface area contributed by atoms with Crippen molar-refractivity contribution in [2.24, 2.45) is 7.05 Å². The fourth-order valence-electron chi connectivity index (χ4n) is 0.989. The first-order chi connectivity index (χ1) is 5.77. The van der Waals surface area contributed by atoms with Crippen molar-refractivity contribution < 1.29 is 0 Å². The molecule has 0 amide bonds. The van der Waals surface area contributed by atoms with E-state index in [0.717, 1.165) is 9.52 Å². The van der Waals surface area contributed by atoms with Crippen molar-refractivity contribution >= 4 is 22.6 Å². The van der Waals surface area contributed by atoms with Crippen molar-refractivity contribution in [2.45, 2.75) is 0 Å². The molecule has 2 aromatic heterocycles. The monoisotopic (exact) mass is 274 g/mol. The molecule has 0 aliphatic heterocycles. The van der Waals surface area contributed by atoms with Crippen molar-refractivity contribution in [3.63, 3.8) is 0 Å². The lowest BCUT2D eigenvalue weighted by molar-refractivity contribution is 0.750. The van der Waals surface area contributed by atoms with Gasteiger partial charge in [0.1, 0.15) is 0 Å². The molecule has 0 saturated carbocycles. The second-order valence-corrected chi connectivity index (χ2v) is 3.69. The third kappa shape index (κ3) is 1.24. The van der Waals surface area contributed by atoms with E-state index < -0.39 is 0 Å². The normalized spacial score (nSPS) is 10.5. The molecule has 2 aromatic rings. The second-order valence-electron chi connectivity index (χ2n) is 2.44. The fraction of sp³-hybridized carbons (Fsp3) is 0.143. The van der Waals surface area contributed by atoms with E-state index in [4.69, 9.17) is 0 Å². The number of aryl methyl sites for hydroxylation is 1. The molecule has 4 nitrogen and oxygen atoms in total. The van der Waals surface area contributed by atoms with E-state index in [1.165, 1.54) is 0 Å². The van der Waals surface area contributed by atoms with E-state index in [2.05, 4.69) is 32.7 Å². The zero-order valence-corrected chi connectivity index (χ0v) is 8.63. The highest BCUT2D eigenvalue weighted by atomic mass is 127. The molecule has 0 atom stereocenters. The quantitative estimate of drug-likeness (QED) is 0.733. The number of hydrogen-bond donors (Lipinski definition) is 0. The van der Waals surface area contributed by atoms with Crippen LogP contribution in [0.2, 0.25) is 0 Å². The van der Waals surface area contributed by atoms with Crippen LogP contribution in [-0.4, -0.2) is 19.3 Å². The molecule has 0 radical (unpaired) electrons. The van der Waals surface area contributed by atoms with Gasteiger partial charge in [-0.15, -0.1) is 0 Å². The minimum absolute atomic E-state index is 0.831. The van der Waals surface area contributed by atoms with Crippen molar-refractivity contribution in [2.75, 3.05) is 0 Å². The van der Waals surface area contributed by atoms with Crippen LogP contribution in [0.25, 0.3) is 5.95 Å². The summed E-state index contributed by atoms with van der Waals surface area (Å²) in [5.74, 6) is 0.831. The topological polar surface area (TPSA) is 35.6 Å². The van der Waals surface area contributed by atoms with Crippen molar-refractivity contribution in [3.05, 3.63) is 28.4 Å². The lowest BCUT2D eigenvalue weighted by Crippen LogP contribution is -2.02. The van der Waals surface area contributed by atoms with Gasteiger partial charge in [-0.3, -0.25) is 0 Å². The molecule has 0 aliphatic carbocycles. The Balaban J connectivity index is 2.50. The lowest BCUT2D eigenvalue weighted by Gasteiger charge is -1.98. The number of halogens is 1. The van der Waals surface area contributed by atoms with Gasteiger partial charge in [0.25, 0.3) is 0 Å². The smallest absolute Gasteiger partial charge is 0.230 e. The molecule has 0 spiro atoms. The molecule has 12 heavy (non-hydrogen) atoms. The summed E-state index contributed by atoms with van der Waals surface area (Å²) in [5.41, 5.74) is 0. The van der Waals surface area contributed by atoms with Crippen LogP contribution < -0.4 is 0 Å². The van der Waals surface area contributed by atoms with Gasteiger partial charge in [-0.1, -0.05) is 0 Å². The second kappa shape index (κ2) is 2.89. The highest BCUT2D eigenvalue weighted by molar-refractivity contribution is 14.1. The zero-order valence-electron chi connectivity index (χ0n) is 6.48. The van der Waals surface area contributed by atoms with Gasteiger partial charge in [0.15, 0.2) is 0 Å². The van der Waals surface area contributed by atoms with E-state index in [9.17, 15) is 0 Å². The summed E-state index contributed by atoms with van der Waals surface area (Å²) in [5, 5.41) is 4.14. The van der Waals surface area contributed by atoms with Crippen LogP contribution in [-0.2, 0) is 7.05 Å². The van der Waals surface area contributed by atoms with E-state index in [0.29, 0.717) is 0 Å². The summed E-state index contributed by atoms with van der Waals surface area (Å²) < 4.78 is 4.78. The van der Waals surface area contributed by atoms with Gasteiger partial charge >= 0.3 is 0 Å². The van der Waals surface area contributed by atoms with E-state index in [-0.39, 0.29) is 0 Å². The van der Waals surface area contributed by atoms with E-state index in [1.807, 2.05) is 24.0 Å². The Bertz CT molecular complexity index is 390. The van der Waals surface area contributed by atoms with Gasteiger partial charge in [-0.25, -0.2) is 9.67 Å². The minimum atomic E-state index is 0.831. The molecule has 0 fully saturated rings. The zero-order chi connectivity index (χ0) is 8.55. The predicted octanol–water partition coefficient (Wildman–Crippen LogP) is 1.21. The van der Waals surface area contributed by atoms with Crippen LogP contribution in [0.4, 0.5) is 0 Å². The first-order valence-corrected chi connectivity index (χ1v) is 4.53. The van der Waals surface area contributed by atoms with Gasteiger partial charge in [-0.2, -0.15) is 5.10 Å². The molecule has 2 heterocycles. The number of aromatic nitrogens is 4. The Hall–Kier alpha value is -0.850. The van der Waals surface area contributed by atoms with Gasteiger partial charge in [-0.05, 0) is 22.6 Å². The van der Waals surface area contributed by atoms with E-state index in [1.54, 1.807) is 17.1 Å². The van der Waals surface area contributed by atoms with Crippen LogP contribution in [0, 0.1) is 3.57 Å². The van der Waals surface area contributed by atoms with Crippen LogP contribution >= 0.6 is 22.6 Å². The molecule has 0 unspecified atom stereocenters. The summed E-state index contributed by atoms with van der Waals surface area (Å²) in [6.07, 6.45) is 7.38. The van der Waals surface area contributed by atoms with Crippen LogP contribution in [0.1, 0.15) is 0 Å². The Morgan fingerprint density at radius 3 is 2.83 bits per heavy atom. The lowest BCUT2D eigenvalue weighted by atomic mass is 10.7. The van der Waals surface area contributed by atoms with Gasteiger partial charge < -0.3 is 4.57 Å². The molecule has 0 aliphatic rings. The third-order valence-corrected chi connectivity index (χ3v) is 2.11. The summed E-state index contributed by atoms with van der Waals surface area (Å²) in [7, 11) is 1.94. The predicted molar refractivity (Wildman–Crippen MR) is 53.0 cm³/mol. The Morgan fingerprint density at radius 1 is 1.50 bits per heavy atom. The highest BCUT2D eigenvalue weighted by Crippen LogP contribution is 2.06. The summed E-state index contributed by atoms with van der Waals surface area (Å²) in [4.78, 5) is 4.16. The molecule has 5 heteroatoms. The number of nitrogens with zero attached hydrogens (tertiary/aromatic N) is 4. The van der Waals surface area contributed by atoms with Crippen molar-refractivity contribution in [3.8, 4) is 5.95 Å². The SMILES string of the molecule is Cn1ccnc1-n1cc(I)cn1. The molecule has 62 valence electrons. The standard InChI is InChI=1S/C7H7IN4/c1-11-3-2-9-7(11)12-5-6(8)4-10-12/h2-5H,1H3. The third-order valence-electron chi connectivity index (χ3n) is 1.55. The van der Waals surface area contributed by atoms with Gasteiger partial charge in [0.2, 0.25) is 5.95 Å². The average molecular weight is 274 g/mol. The largest absolute Gasteiger partial charge is 0.319 e. The minimum Gasteiger partial charge on any atom is -0.319 e. The molecule has 0 saturated heterocycles. The maximum Gasteiger partial charge on any atom is 0.230 e. The first-order valence-electron chi connectivity index (χ1n) is 3.45. The molecule has 0 N–H and O–H groups in total. The maximum atomic E-state index is 4.16. The number of rotatable bonds is 1. The highest BCUT2D eigenvalue weighted by Gasteiger charge is 2.02. The Morgan fingerprint density at radius 2 is 2.33 bits per heavy atom. The molecule has 2 rings (SSSR count). The van der Waals surface area contributed by atoms with Gasteiger partial charge in [0, 0.05) is 25.6 Å². The maximum absolute atomic E-state index is 4.16. The molecular weight excluding hydrogens is 267 g/mol.